The molecule has 0 saturated carbocycles. The van der Waals surface area contributed by atoms with Crippen molar-refractivity contribution in [1.82, 2.24) is 15.0 Å². The molecule has 1 aliphatic heterocycles. The molecule has 0 fully saturated rings. The predicted octanol–water partition coefficient (Wildman–Crippen LogP) is 8.02. The fraction of sp³-hybridized carbons (Fsp3) is 0.0488. The van der Waals surface area contributed by atoms with E-state index in [1.165, 1.54) is 21.1 Å². The van der Waals surface area contributed by atoms with E-state index in [0.717, 1.165) is 42.0 Å². The average molecular weight is 672 g/mol. The van der Waals surface area contributed by atoms with E-state index in [9.17, 15) is 0 Å². The van der Waals surface area contributed by atoms with Crippen LogP contribution in [-0.2, 0) is 4.57 Å². The lowest BCUT2D eigenvalue weighted by molar-refractivity contribution is 0.592. The highest BCUT2D eigenvalue weighted by atomic mass is 32.1. The molecule has 7 heteroatoms. The first kappa shape index (κ1) is 29.2. The van der Waals surface area contributed by atoms with Crippen molar-refractivity contribution in [2.45, 2.75) is 13.1 Å². The van der Waals surface area contributed by atoms with E-state index in [0.29, 0.717) is 17.5 Å². The van der Waals surface area contributed by atoms with Crippen LogP contribution in [0, 0.1) is 0 Å². The summed E-state index contributed by atoms with van der Waals surface area (Å²) in [6, 6.07) is 49.8. The Bertz CT molecular complexity index is 2510. The summed E-state index contributed by atoms with van der Waals surface area (Å²) in [5.74, 6) is 1.93. The Kier molecular flexibility index (Phi) is 6.70. The minimum Gasteiger partial charge on any atom is -0.309 e. The quantitative estimate of drug-likeness (QED) is 0.141. The minimum atomic E-state index is -3.09. The molecular formula is C41H30N3OPSSi. The molecule has 4 nitrogen and oxygen atoms in total. The van der Waals surface area contributed by atoms with Crippen LogP contribution in [0.4, 0.5) is 0 Å². The molecule has 0 N–H and O–H groups in total. The zero-order chi connectivity index (χ0) is 32.5. The van der Waals surface area contributed by atoms with E-state index in [2.05, 4.69) is 61.6 Å². The van der Waals surface area contributed by atoms with Crippen LogP contribution in [0.1, 0.15) is 0 Å². The normalized spacial score (nSPS) is 16.5. The average Bonchev–Trinajstić information content (AvgIpc) is 3.51. The Labute approximate surface area is 284 Å². The molecule has 9 rings (SSSR count). The number of aromatic nitrogens is 3. The van der Waals surface area contributed by atoms with Crippen LogP contribution in [0.3, 0.4) is 0 Å². The molecule has 0 amide bonds. The summed E-state index contributed by atoms with van der Waals surface area (Å²) in [5, 5.41) is 7.84. The van der Waals surface area contributed by atoms with Crippen molar-refractivity contribution >= 4 is 73.0 Å². The van der Waals surface area contributed by atoms with E-state index < -0.39 is 15.2 Å². The van der Waals surface area contributed by atoms with Crippen LogP contribution in [0.15, 0.2) is 146 Å². The third-order valence-corrected chi connectivity index (χ3v) is 17.8. The zero-order valence-corrected chi connectivity index (χ0v) is 29.2. The molecule has 1 unspecified atom stereocenters. The van der Waals surface area contributed by atoms with E-state index in [4.69, 9.17) is 15.0 Å². The van der Waals surface area contributed by atoms with Crippen molar-refractivity contribution in [3.8, 4) is 34.2 Å². The number of hydrogen-bond donors (Lipinski definition) is 0. The van der Waals surface area contributed by atoms with Crippen molar-refractivity contribution in [2.24, 2.45) is 0 Å². The number of benzene rings is 6. The molecule has 1 atom stereocenters. The Morgan fingerprint density at radius 2 is 1.04 bits per heavy atom. The highest BCUT2D eigenvalue weighted by Crippen LogP contribution is 2.46. The van der Waals surface area contributed by atoms with Gasteiger partial charge in [-0.05, 0) is 22.5 Å². The van der Waals surface area contributed by atoms with Crippen LogP contribution in [-0.4, -0.2) is 23.0 Å². The third-order valence-electron chi connectivity index (χ3n) is 9.60. The summed E-state index contributed by atoms with van der Waals surface area (Å²) >= 11 is 1.74. The molecule has 0 aliphatic carbocycles. The molecule has 0 radical (unpaired) electrons. The number of thiophene rings is 1. The van der Waals surface area contributed by atoms with Gasteiger partial charge in [0.1, 0.15) is 8.07 Å². The first-order chi connectivity index (χ1) is 23.4. The van der Waals surface area contributed by atoms with Crippen LogP contribution in [0.25, 0.3) is 54.3 Å². The maximum atomic E-state index is 15.6. The molecule has 48 heavy (non-hydrogen) atoms. The van der Waals surface area contributed by atoms with Crippen LogP contribution >= 0.6 is 18.5 Å². The smallest absolute Gasteiger partial charge is 0.170 e. The summed E-state index contributed by atoms with van der Waals surface area (Å²) in [7, 11) is -5.25. The summed E-state index contributed by atoms with van der Waals surface area (Å²) in [6.45, 7) is 4.79. The molecule has 1 aliphatic rings. The highest BCUT2D eigenvalue weighted by molar-refractivity contribution is 7.87. The molecule has 3 heterocycles. The van der Waals surface area contributed by atoms with Crippen LogP contribution < -0.4 is 26.3 Å². The van der Waals surface area contributed by atoms with Gasteiger partial charge in [0.25, 0.3) is 0 Å². The largest absolute Gasteiger partial charge is 0.309 e. The fourth-order valence-electron chi connectivity index (χ4n) is 7.12. The molecule has 0 bridgehead atoms. The van der Waals surface area contributed by atoms with E-state index >= 15 is 4.57 Å². The maximum absolute atomic E-state index is 15.6. The summed E-state index contributed by atoms with van der Waals surface area (Å²) in [5.41, 5.74) is 2.83. The number of nitrogens with zero attached hydrogens (tertiary/aromatic N) is 3. The monoisotopic (exact) mass is 671 g/mol. The molecule has 0 spiro atoms. The summed E-state index contributed by atoms with van der Waals surface area (Å²) < 4.78 is 17.9. The third kappa shape index (κ3) is 4.48. The van der Waals surface area contributed by atoms with E-state index in [-0.39, 0.29) is 0 Å². The van der Waals surface area contributed by atoms with Gasteiger partial charge in [-0.2, -0.15) is 0 Å². The Balaban J connectivity index is 1.25. The van der Waals surface area contributed by atoms with Crippen LogP contribution in [0.2, 0.25) is 13.1 Å². The lowest BCUT2D eigenvalue weighted by Crippen LogP contribution is -2.67. The summed E-state index contributed by atoms with van der Waals surface area (Å²) in [4.78, 5) is 14.8. The Morgan fingerprint density at radius 1 is 0.500 bits per heavy atom. The van der Waals surface area contributed by atoms with Crippen molar-refractivity contribution in [3.63, 3.8) is 0 Å². The predicted molar refractivity (Wildman–Crippen MR) is 205 cm³/mol. The van der Waals surface area contributed by atoms with Gasteiger partial charge in [0.05, 0.1) is 0 Å². The second-order valence-corrected chi connectivity index (χ2v) is 20.9. The van der Waals surface area contributed by atoms with Gasteiger partial charge in [0, 0.05) is 52.8 Å². The zero-order valence-electron chi connectivity index (χ0n) is 26.5. The Morgan fingerprint density at radius 3 is 1.69 bits per heavy atom. The standard InChI is InChI=1S/C41H30N3OPSSi/c1-48(2)37-21-13-12-20-33(37)46(45,30-18-10-5-11-19-30)34-26-36-32(25-38(34)48)31-23-22-29(24-35(31)47-36)41-43-39(27-14-6-3-7-15-27)42-40(44-41)28-16-8-4-9-17-28/h3-26H,1-2H3. The topological polar surface area (TPSA) is 55.7 Å². The number of hydrogen-bond acceptors (Lipinski definition) is 5. The van der Waals surface area contributed by atoms with Gasteiger partial charge >= 0.3 is 0 Å². The fourth-order valence-corrected chi connectivity index (χ4v) is 16.6. The van der Waals surface area contributed by atoms with Gasteiger partial charge in [-0.3, -0.25) is 0 Å². The lowest BCUT2D eigenvalue weighted by atomic mass is 10.1. The van der Waals surface area contributed by atoms with Crippen molar-refractivity contribution in [2.75, 3.05) is 0 Å². The van der Waals surface area contributed by atoms with Gasteiger partial charge in [-0.15, -0.1) is 11.3 Å². The molecule has 0 saturated heterocycles. The van der Waals surface area contributed by atoms with Crippen molar-refractivity contribution in [3.05, 3.63) is 146 Å². The second kappa shape index (κ2) is 11.0. The van der Waals surface area contributed by atoms with Gasteiger partial charge in [-0.25, -0.2) is 15.0 Å². The lowest BCUT2D eigenvalue weighted by Gasteiger charge is -2.38. The second-order valence-electron chi connectivity index (χ2n) is 12.8. The maximum Gasteiger partial charge on any atom is 0.170 e. The van der Waals surface area contributed by atoms with Gasteiger partial charge in [0.2, 0.25) is 0 Å². The Hall–Kier alpha value is -5.00. The van der Waals surface area contributed by atoms with Crippen molar-refractivity contribution in [1.29, 1.82) is 0 Å². The van der Waals surface area contributed by atoms with Gasteiger partial charge < -0.3 is 4.57 Å². The SMILES string of the molecule is C[Si]1(C)c2ccccc2P(=O)(c2ccccc2)c2cc3sc4cc(-c5nc(-c6ccccc6)nc(-c6ccccc6)n5)ccc4c3cc21. The minimum absolute atomic E-state index is 0.638. The molecule has 6 aromatic carbocycles. The molecular weight excluding hydrogens is 642 g/mol. The highest BCUT2D eigenvalue weighted by Gasteiger charge is 2.46. The molecule has 8 aromatic rings. The van der Waals surface area contributed by atoms with E-state index in [1.807, 2.05) is 97.1 Å². The molecule has 2 aromatic heterocycles. The van der Waals surface area contributed by atoms with Gasteiger partial charge in [0.15, 0.2) is 24.6 Å². The first-order valence-electron chi connectivity index (χ1n) is 16.1. The number of fused-ring (bicyclic) bond motifs is 5. The summed E-state index contributed by atoms with van der Waals surface area (Å²) in [6.07, 6.45) is 0. The van der Waals surface area contributed by atoms with Crippen molar-refractivity contribution < 1.29 is 4.57 Å². The number of rotatable bonds is 4. The van der Waals surface area contributed by atoms with Gasteiger partial charge in [-0.1, -0.05) is 147 Å². The molecule has 230 valence electrons. The van der Waals surface area contributed by atoms with Crippen LogP contribution in [0.5, 0.6) is 0 Å². The first-order valence-corrected chi connectivity index (χ1v) is 21.6. The van der Waals surface area contributed by atoms with E-state index in [1.54, 1.807) is 11.3 Å².